The summed E-state index contributed by atoms with van der Waals surface area (Å²) in [7, 11) is 1.51. The number of nitrogens with one attached hydrogen (secondary N) is 3. The monoisotopic (exact) mass is 456 g/mol. The molecule has 11 nitrogen and oxygen atoms in total. The maximum atomic E-state index is 12.3. The number of nitro benzene ring substituents is 1. The van der Waals surface area contributed by atoms with Crippen molar-refractivity contribution in [3.05, 3.63) is 63.7 Å². The maximum absolute atomic E-state index is 12.3. The zero-order chi connectivity index (χ0) is 23.8. The Labute approximate surface area is 189 Å². The van der Waals surface area contributed by atoms with E-state index in [1.165, 1.54) is 19.2 Å². The van der Waals surface area contributed by atoms with E-state index in [4.69, 9.17) is 9.47 Å². The molecule has 3 rings (SSSR count). The smallest absolute Gasteiger partial charge is 0.338 e. The largest absolute Gasteiger partial charge is 0.452 e. The summed E-state index contributed by atoms with van der Waals surface area (Å²) < 4.78 is 9.89. The van der Waals surface area contributed by atoms with Gasteiger partial charge in [-0.2, -0.15) is 0 Å². The van der Waals surface area contributed by atoms with Crippen LogP contribution in [-0.4, -0.2) is 55.6 Å². The van der Waals surface area contributed by atoms with Crippen molar-refractivity contribution in [1.29, 1.82) is 0 Å². The third kappa shape index (κ3) is 6.74. The molecule has 1 aliphatic rings. The van der Waals surface area contributed by atoms with Gasteiger partial charge in [-0.25, -0.2) is 4.79 Å². The van der Waals surface area contributed by atoms with E-state index in [9.17, 15) is 24.5 Å². The van der Waals surface area contributed by atoms with Gasteiger partial charge in [-0.05, 0) is 37.1 Å². The molecule has 3 N–H and O–H groups in total. The SMILES string of the molecule is COCCNc1ccc(C(=O)OCC(=O)Nc2ccccc2C(=O)NC2CC2)cc1[N+](=O)[O-]. The van der Waals surface area contributed by atoms with Crippen LogP contribution in [-0.2, 0) is 14.3 Å². The molecule has 0 radical (unpaired) electrons. The third-order valence-electron chi connectivity index (χ3n) is 4.74. The first kappa shape index (κ1) is 23.7. The lowest BCUT2D eigenvalue weighted by Gasteiger charge is -2.12. The van der Waals surface area contributed by atoms with Crippen LogP contribution in [0, 0.1) is 10.1 Å². The van der Waals surface area contributed by atoms with Crippen molar-refractivity contribution >= 4 is 34.8 Å². The van der Waals surface area contributed by atoms with Crippen molar-refractivity contribution in [1.82, 2.24) is 5.32 Å². The topological polar surface area (TPSA) is 149 Å². The summed E-state index contributed by atoms with van der Waals surface area (Å²) in [5.41, 5.74) is 0.444. The Kier molecular flexibility index (Phi) is 7.92. The number of anilines is 2. The van der Waals surface area contributed by atoms with Gasteiger partial charge in [-0.3, -0.25) is 19.7 Å². The van der Waals surface area contributed by atoms with Gasteiger partial charge in [-0.1, -0.05) is 12.1 Å². The molecular formula is C22H24N4O7. The first-order valence-electron chi connectivity index (χ1n) is 10.3. The predicted molar refractivity (Wildman–Crippen MR) is 119 cm³/mol. The fourth-order valence-electron chi connectivity index (χ4n) is 2.93. The minimum atomic E-state index is -0.892. The molecule has 2 aromatic carbocycles. The van der Waals surface area contributed by atoms with Gasteiger partial charge in [0.1, 0.15) is 5.69 Å². The molecule has 2 amide bonds. The van der Waals surface area contributed by atoms with Crippen LogP contribution in [0.4, 0.5) is 17.1 Å². The number of esters is 1. The van der Waals surface area contributed by atoms with Gasteiger partial charge in [-0.15, -0.1) is 0 Å². The number of hydrogen-bond acceptors (Lipinski definition) is 8. The third-order valence-corrected chi connectivity index (χ3v) is 4.74. The van der Waals surface area contributed by atoms with E-state index in [1.54, 1.807) is 24.3 Å². The first-order valence-corrected chi connectivity index (χ1v) is 10.3. The molecular weight excluding hydrogens is 432 g/mol. The number of ether oxygens (including phenoxy) is 2. The molecule has 2 aromatic rings. The van der Waals surface area contributed by atoms with Crippen molar-refractivity contribution in [2.75, 3.05) is 37.5 Å². The molecule has 11 heteroatoms. The first-order chi connectivity index (χ1) is 15.9. The number of benzene rings is 2. The van der Waals surface area contributed by atoms with E-state index in [0.29, 0.717) is 24.4 Å². The summed E-state index contributed by atoms with van der Waals surface area (Å²) in [6, 6.07) is 10.5. The molecule has 0 aromatic heterocycles. The maximum Gasteiger partial charge on any atom is 0.338 e. The number of carbonyl (C=O) groups is 3. The lowest BCUT2D eigenvalue weighted by atomic mass is 10.1. The molecule has 0 heterocycles. The number of rotatable bonds is 11. The Morgan fingerprint density at radius 2 is 1.88 bits per heavy atom. The molecule has 0 spiro atoms. The molecule has 0 aliphatic heterocycles. The minimum absolute atomic E-state index is 0.0731. The summed E-state index contributed by atoms with van der Waals surface area (Å²) in [5, 5.41) is 19.6. The molecule has 174 valence electrons. The standard InChI is InChI=1S/C22H24N4O7/c1-32-11-10-23-18-9-6-14(12-19(18)26(30)31)22(29)33-13-20(27)25-17-5-3-2-4-16(17)21(28)24-15-7-8-15/h2-6,9,12,15,23H,7-8,10-11,13H2,1H3,(H,24,28)(H,25,27). The lowest BCUT2D eigenvalue weighted by molar-refractivity contribution is -0.384. The van der Waals surface area contributed by atoms with Gasteiger partial charge in [0.2, 0.25) is 0 Å². The highest BCUT2D eigenvalue weighted by molar-refractivity contribution is 6.04. The highest BCUT2D eigenvalue weighted by Crippen LogP contribution is 2.26. The molecule has 1 aliphatic carbocycles. The van der Waals surface area contributed by atoms with Gasteiger partial charge in [0, 0.05) is 25.8 Å². The fraction of sp³-hybridized carbons (Fsp3) is 0.318. The Hall–Kier alpha value is -3.99. The van der Waals surface area contributed by atoms with E-state index >= 15 is 0 Å². The summed E-state index contributed by atoms with van der Waals surface area (Å²) in [6.45, 7) is 0.0714. The molecule has 0 atom stereocenters. The predicted octanol–water partition coefficient (Wildman–Crippen LogP) is 2.34. The van der Waals surface area contributed by atoms with Gasteiger partial charge < -0.3 is 25.4 Å². The van der Waals surface area contributed by atoms with Crippen LogP contribution in [0.3, 0.4) is 0 Å². The fourth-order valence-corrected chi connectivity index (χ4v) is 2.93. The summed E-state index contributed by atoms with van der Waals surface area (Å²) in [6.07, 6.45) is 1.86. The average molecular weight is 456 g/mol. The van der Waals surface area contributed by atoms with Crippen LogP contribution in [0.5, 0.6) is 0 Å². The quantitative estimate of drug-likeness (QED) is 0.202. The summed E-state index contributed by atoms with van der Waals surface area (Å²) in [4.78, 5) is 47.7. The van der Waals surface area contributed by atoms with Crippen molar-refractivity contribution in [2.45, 2.75) is 18.9 Å². The number of amides is 2. The second-order valence-corrected chi connectivity index (χ2v) is 7.33. The van der Waals surface area contributed by atoms with E-state index in [-0.39, 0.29) is 28.9 Å². The van der Waals surface area contributed by atoms with E-state index in [0.717, 1.165) is 18.9 Å². The Balaban J connectivity index is 1.59. The van der Waals surface area contributed by atoms with E-state index in [2.05, 4.69) is 16.0 Å². The molecule has 0 bridgehead atoms. The number of hydrogen-bond donors (Lipinski definition) is 3. The van der Waals surface area contributed by atoms with Gasteiger partial charge in [0.05, 0.1) is 28.3 Å². The zero-order valence-electron chi connectivity index (χ0n) is 18.0. The molecule has 0 unspecified atom stereocenters. The second kappa shape index (κ2) is 11.0. The average Bonchev–Trinajstić information content (AvgIpc) is 3.62. The van der Waals surface area contributed by atoms with Crippen molar-refractivity contribution < 1.29 is 28.8 Å². The van der Waals surface area contributed by atoms with Crippen molar-refractivity contribution in [3.8, 4) is 0 Å². The highest BCUT2D eigenvalue weighted by atomic mass is 16.6. The van der Waals surface area contributed by atoms with Crippen LogP contribution in [0.15, 0.2) is 42.5 Å². The van der Waals surface area contributed by atoms with Crippen molar-refractivity contribution in [2.24, 2.45) is 0 Å². The number of nitro groups is 1. The summed E-state index contributed by atoms with van der Waals surface area (Å²) >= 11 is 0. The Bertz CT molecular complexity index is 1050. The Morgan fingerprint density at radius 1 is 1.12 bits per heavy atom. The van der Waals surface area contributed by atoms with Crippen LogP contribution in [0.2, 0.25) is 0 Å². The number of methoxy groups -OCH3 is 1. The molecule has 0 saturated heterocycles. The second-order valence-electron chi connectivity index (χ2n) is 7.33. The van der Waals surface area contributed by atoms with Crippen LogP contribution < -0.4 is 16.0 Å². The Morgan fingerprint density at radius 3 is 2.58 bits per heavy atom. The van der Waals surface area contributed by atoms with Crippen molar-refractivity contribution in [3.63, 3.8) is 0 Å². The van der Waals surface area contributed by atoms with Crippen LogP contribution >= 0.6 is 0 Å². The molecule has 1 fully saturated rings. The summed E-state index contributed by atoms with van der Waals surface area (Å²) in [5.74, 6) is -1.84. The van der Waals surface area contributed by atoms with Gasteiger partial charge in [0.25, 0.3) is 17.5 Å². The normalized spacial score (nSPS) is 12.5. The van der Waals surface area contributed by atoms with Crippen LogP contribution in [0.1, 0.15) is 33.6 Å². The lowest BCUT2D eigenvalue weighted by Crippen LogP contribution is -2.28. The highest BCUT2D eigenvalue weighted by Gasteiger charge is 2.25. The molecule has 33 heavy (non-hydrogen) atoms. The minimum Gasteiger partial charge on any atom is -0.452 e. The zero-order valence-corrected chi connectivity index (χ0v) is 18.0. The van der Waals surface area contributed by atoms with E-state index < -0.39 is 23.4 Å². The van der Waals surface area contributed by atoms with Crippen LogP contribution in [0.25, 0.3) is 0 Å². The molecule has 1 saturated carbocycles. The number of para-hydroxylation sites is 1. The van der Waals surface area contributed by atoms with E-state index in [1.807, 2.05) is 0 Å². The number of nitrogens with zero attached hydrogens (tertiary/aromatic N) is 1. The van der Waals surface area contributed by atoms with Gasteiger partial charge in [0.15, 0.2) is 6.61 Å². The van der Waals surface area contributed by atoms with Gasteiger partial charge >= 0.3 is 5.97 Å². The number of carbonyl (C=O) groups excluding carboxylic acids is 3.